The molecule has 0 spiro atoms. The van der Waals surface area contributed by atoms with Crippen molar-refractivity contribution in [3.8, 4) is 0 Å². The molecule has 1 rings (SSSR count). The fourth-order valence-electron chi connectivity index (χ4n) is 11.3. The normalized spacial score (nSPS) is 18.6. The first-order valence-corrected chi connectivity index (χ1v) is 36.5. The molecule has 9 nitrogen and oxygen atoms in total. The Hall–Kier alpha value is -2.89. The van der Waals surface area contributed by atoms with Crippen LogP contribution < -0.4 is 5.32 Å². The van der Waals surface area contributed by atoms with Crippen molar-refractivity contribution in [3.05, 3.63) is 97.2 Å². The Kier molecular flexibility index (Phi) is 61.4. The summed E-state index contributed by atoms with van der Waals surface area (Å²) in [6, 6.07) is -0.813. The number of ether oxygens (including phenoxy) is 2. The number of hydrogen-bond donors (Lipinski definition) is 6. The van der Waals surface area contributed by atoms with Gasteiger partial charge in [-0.2, -0.15) is 0 Å². The smallest absolute Gasteiger partial charge is 0.220 e. The van der Waals surface area contributed by atoms with E-state index in [0.29, 0.717) is 6.42 Å². The van der Waals surface area contributed by atoms with Gasteiger partial charge in [0.05, 0.1) is 25.4 Å². The summed E-state index contributed by atoms with van der Waals surface area (Å²) in [4.78, 5) is 13.1. The van der Waals surface area contributed by atoms with E-state index in [1.807, 2.05) is 6.08 Å². The van der Waals surface area contributed by atoms with Gasteiger partial charge in [0.15, 0.2) is 6.29 Å². The average Bonchev–Trinajstić information content (AvgIpc) is 3.65. The molecule has 1 heterocycles. The van der Waals surface area contributed by atoms with Gasteiger partial charge in [0, 0.05) is 6.42 Å². The molecule has 0 saturated carbocycles. The Balaban J connectivity index is 2.13. The van der Waals surface area contributed by atoms with Gasteiger partial charge >= 0.3 is 0 Å². The summed E-state index contributed by atoms with van der Waals surface area (Å²) in [5, 5.41) is 54.8. The van der Waals surface area contributed by atoms with E-state index in [-0.39, 0.29) is 12.5 Å². The van der Waals surface area contributed by atoms with Crippen molar-refractivity contribution in [2.75, 3.05) is 13.2 Å². The topological polar surface area (TPSA) is 149 Å². The number of allylic oxidation sites excluding steroid dienone is 15. The largest absolute Gasteiger partial charge is 0.394 e. The molecule has 7 atom stereocenters. The Morgan fingerprint density at radius 1 is 0.407 bits per heavy atom. The molecule has 0 bridgehead atoms. The van der Waals surface area contributed by atoms with Crippen molar-refractivity contribution < 1.29 is 39.8 Å². The van der Waals surface area contributed by atoms with E-state index in [4.69, 9.17) is 9.47 Å². The first-order valence-electron chi connectivity index (χ1n) is 36.5. The molecule has 0 aromatic heterocycles. The number of rotatable bonds is 63. The molecule has 498 valence electrons. The second-order valence-corrected chi connectivity index (χ2v) is 25.0. The van der Waals surface area contributed by atoms with Crippen molar-refractivity contribution in [1.29, 1.82) is 0 Å². The molecule has 9 heteroatoms. The van der Waals surface area contributed by atoms with Crippen LogP contribution in [0.5, 0.6) is 0 Å². The number of hydrogen-bond acceptors (Lipinski definition) is 8. The zero-order valence-electron chi connectivity index (χ0n) is 55.8. The van der Waals surface area contributed by atoms with Crippen LogP contribution in [-0.2, 0) is 14.3 Å². The molecule has 1 saturated heterocycles. The summed E-state index contributed by atoms with van der Waals surface area (Å²) in [6.45, 7) is 3.70. The van der Waals surface area contributed by atoms with Crippen LogP contribution in [-0.4, -0.2) is 87.5 Å². The molecule has 86 heavy (non-hydrogen) atoms. The lowest BCUT2D eigenvalue weighted by molar-refractivity contribution is -0.302. The van der Waals surface area contributed by atoms with Crippen molar-refractivity contribution in [3.63, 3.8) is 0 Å². The van der Waals surface area contributed by atoms with Crippen molar-refractivity contribution >= 4 is 5.91 Å². The first kappa shape index (κ1) is 81.1. The molecule has 1 fully saturated rings. The van der Waals surface area contributed by atoms with Crippen LogP contribution in [0.25, 0.3) is 0 Å². The molecular weight excluding hydrogens is 1070 g/mol. The fourth-order valence-corrected chi connectivity index (χ4v) is 11.3. The van der Waals surface area contributed by atoms with Crippen molar-refractivity contribution in [1.82, 2.24) is 5.32 Å². The van der Waals surface area contributed by atoms with Gasteiger partial charge in [0.1, 0.15) is 24.4 Å². The van der Waals surface area contributed by atoms with Crippen molar-refractivity contribution in [2.45, 2.75) is 371 Å². The molecule has 0 aliphatic carbocycles. The van der Waals surface area contributed by atoms with E-state index in [0.717, 1.165) is 83.5 Å². The Bertz CT molecular complexity index is 1680. The third-order valence-electron chi connectivity index (χ3n) is 16.9. The summed E-state index contributed by atoms with van der Waals surface area (Å²) in [5.41, 5.74) is 0. The zero-order valence-corrected chi connectivity index (χ0v) is 55.8. The third-order valence-corrected chi connectivity index (χ3v) is 16.9. The van der Waals surface area contributed by atoms with E-state index in [1.54, 1.807) is 6.08 Å². The predicted octanol–water partition coefficient (Wildman–Crippen LogP) is 20.3. The zero-order chi connectivity index (χ0) is 62.1. The molecule has 1 amide bonds. The van der Waals surface area contributed by atoms with Crippen LogP contribution in [0.15, 0.2) is 97.2 Å². The number of carbonyl (C=O) groups excluding carboxylic acids is 1. The Morgan fingerprint density at radius 3 is 1.07 bits per heavy atom. The van der Waals surface area contributed by atoms with Gasteiger partial charge in [0.2, 0.25) is 5.91 Å². The molecule has 0 aromatic carbocycles. The number of carbonyl (C=O) groups is 1. The molecule has 1 aliphatic rings. The highest BCUT2D eigenvalue weighted by Gasteiger charge is 2.44. The molecule has 7 unspecified atom stereocenters. The molecule has 1 aliphatic heterocycles. The minimum Gasteiger partial charge on any atom is -0.394 e. The summed E-state index contributed by atoms with van der Waals surface area (Å²) in [5.74, 6) is -0.177. The average molecular weight is 1200 g/mol. The van der Waals surface area contributed by atoms with Gasteiger partial charge in [-0.3, -0.25) is 4.79 Å². The molecule has 6 N–H and O–H groups in total. The minimum atomic E-state index is -1.57. The summed E-state index contributed by atoms with van der Waals surface area (Å²) in [7, 11) is 0. The van der Waals surface area contributed by atoms with E-state index in [1.165, 1.54) is 225 Å². The maximum atomic E-state index is 13.1. The second kappa shape index (κ2) is 65.1. The van der Waals surface area contributed by atoms with Crippen LogP contribution in [0.1, 0.15) is 328 Å². The first-order chi connectivity index (χ1) is 42.3. The maximum absolute atomic E-state index is 13.1. The lowest BCUT2D eigenvalue weighted by atomic mass is 9.99. The van der Waals surface area contributed by atoms with Crippen LogP contribution in [0, 0.1) is 0 Å². The van der Waals surface area contributed by atoms with Crippen LogP contribution >= 0.6 is 0 Å². The third kappa shape index (κ3) is 53.0. The number of nitrogens with one attached hydrogen (secondary N) is 1. The summed E-state index contributed by atoms with van der Waals surface area (Å²) >= 11 is 0. The van der Waals surface area contributed by atoms with Gasteiger partial charge in [-0.25, -0.2) is 0 Å². The van der Waals surface area contributed by atoms with E-state index >= 15 is 0 Å². The predicted molar refractivity (Wildman–Crippen MR) is 368 cm³/mol. The van der Waals surface area contributed by atoms with Gasteiger partial charge in [-0.1, -0.05) is 342 Å². The second-order valence-electron chi connectivity index (χ2n) is 25.0. The SMILES string of the molecule is CC/C=C\C/C=C\C/C=C\C/C=C\C/C=C\C/C=C\C/C=C\CCCCCCCCCCCCCCCC(=O)NC(COC1OC(CO)C(O)C(O)C1O)C(O)/C=C/CCCCCCCCCCCCCCCCCCCCCCCCCCCC. The highest BCUT2D eigenvalue weighted by molar-refractivity contribution is 5.76. The standard InChI is InChI=1S/C77H137NO8/c1-3-5-7-9-11-13-15-17-19-21-23-25-27-29-31-33-34-35-36-37-38-39-41-43-45-47-49-51-53-55-57-59-61-63-65-67-73(81)78-70(69-85-77-76(84)75(83)74(82)72(68-79)86-77)71(80)66-64-62-60-58-56-54-52-50-48-46-44-42-40-32-30-28-26-24-22-20-18-16-14-12-10-8-6-4-2/h5,7,11,13,17,19,23,25,29,31,34-35,37-38,64,66,70-72,74-77,79-80,82-84H,3-4,6,8-10,12,14-16,18,20-22,24,26-28,30,32-33,36,39-63,65,67-69H2,1-2H3,(H,78,81)/b7-5-,13-11-,19-17-,25-23-,31-29-,35-34-,38-37-,66-64+. The lowest BCUT2D eigenvalue weighted by Crippen LogP contribution is -2.60. The number of amides is 1. The van der Waals surface area contributed by atoms with Gasteiger partial charge in [0.25, 0.3) is 0 Å². The van der Waals surface area contributed by atoms with Gasteiger partial charge in [-0.05, 0) is 77.0 Å². The number of unbranched alkanes of at least 4 members (excludes halogenated alkanes) is 39. The monoisotopic (exact) mass is 1200 g/mol. The van der Waals surface area contributed by atoms with Crippen LogP contribution in [0.4, 0.5) is 0 Å². The van der Waals surface area contributed by atoms with E-state index in [2.05, 4.69) is 104 Å². The van der Waals surface area contributed by atoms with E-state index < -0.39 is 49.5 Å². The summed E-state index contributed by atoms with van der Waals surface area (Å²) < 4.78 is 11.3. The van der Waals surface area contributed by atoms with E-state index in [9.17, 15) is 30.3 Å². The highest BCUT2D eigenvalue weighted by Crippen LogP contribution is 2.23. The maximum Gasteiger partial charge on any atom is 0.220 e. The number of aliphatic hydroxyl groups is 5. The van der Waals surface area contributed by atoms with Gasteiger partial charge in [-0.15, -0.1) is 0 Å². The Morgan fingerprint density at radius 2 is 0.721 bits per heavy atom. The fraction of sp³-hybridized carbons (Fsp3) is 0.779. The molecular formula is C77H137NO8. The lowest BCUT2D eigenvalue weighted by Gasteiger charge is -2.40. The number of aliphatic hydroxyl groups excluding tert-OH is 5. The molecule has 0 radical (unpaired) electrons. The van der Waals surface area contributed by atoms with Crippen LogP contribution in [0.2, 0.25) is 0 Å². The quantitative estimate of drug-likeness (QED) is 0.0261. The summed E-state index contributed by atoms with van der Waals surface area (Å²) in [6.07, 6.45) is 88.0. The minimum absolute atomic E-state index is 0.177. The molecule has 0 aromatic rings. The highest BCUT2D eigenvalue weighted by atomic mass is 16.7. The Labute approximate surface area is 530 Å². The van der Waals surface area contributed by atoms with Gasteiger partial charge < -0.3 is 40.3 Å². The van der Waals surface area contributed by atoms with Crippen LogP contribution in [0.3, 0.4) is 0 Å². The van der Waals surface area contributed by atoms with Crippen molar-refractivity contribution in [2.24, 2.45) is 0 Å².